The molecular formula is C78H56. The Balaban J connectivity index is 0.843. The largest absolute Gasteiger partial charge is 0.0713 e. The molecule has 0 N–H and O–H groups in total. The fraction of sp³-hybridized carbons (Fsp3) is 0.0769. The van der Waals surface area contributed by atoms with Crippen LogP contribution in [0.15, 0.2) is 291 Å². The predicted molar refractivity (Wildman–Crippen MR) is 323 cm³/mol. The van der Waals surface area contributed by atoms with Crippen molar-refractivity contribution in [3.63, 3.8) is 0 Å². The van der Waals surface area contributed by atoms with Crippen LogP contribution in [0.2, 0.25) is 0 Å². The van der Waals surface area contributed by atoms with Crippen molar-refractivity contribution in [3.05, 3.63) is 380 Å². The van der Waals surface area contributed by atoms with Gasteiger partial charge in [-0.25, -0.2) is 0 Å². The van der Waals surface area contributed by atoms with Gasteiger partial charge >= 0.3 is 0 Å². The lowest BCUT2D eigenvalue weighted by molar-refractivity contribution is 0.766. The van der Waals surface area contributed by atoms with Crippen LogP contribution in [0.5, 0.6) is 0 Å². The third-order valence-corrected chi connectivity index (χ3v) is 18.0. The minimum atomic E-state index is -0.547. The van der Waals surface area contributed by atoms with Crippen molar-refractivity contribution in [3.8, 4) is 44.5 Å². The summed E-state index contributed by atoms with van der Waals surface area (Å²) in [7, 11) is 0. The zero-order chi connectivity index (χ0) is 52.0. The van der Waals surface area contributed by atoms with Gasteiger partial charge in [0.15, 0.2) is 0 Å². The van der Waals surface area contributed by atoms with Crippen LogP contribution in [0, 0.1) is 13.8 Å². The van der Waals surface area contributed by atoms with Crippen molar-refractivity contribution in [1.82, 2.24) is 0 Å². The molecule has 78 heavy (non-hydrogen) atoms. The van der Waals surface area contributed by atoms with Crippen LogP contribution < -0.4 is 0 Å². The van der Waals surface area contributed by atoms with Gasteiger partial charge in [0, 0.05) is 0 Å². The van der Waals surface area contributed by atoms with Crippen LogP contribution in [0.25, 0.3) is 44.5 Å². The van der Waals surface area contributed by atoms with Gasteiger partial charge < -0.3 is 0 Å². The van der Waals surface area contributed by atoms with E-state index in [0.29, 0.717) is 0 Å². The lowest BCUT2D eigenvalue weighted by Crippen LogP contribution is -2.28. The molecular weight excluding hydrogens is 937 g/mol. The summed E-state index contributed by atoms with van der Waals surface area (Å²) >= 11 is 0. The topological polar surface area (TPSA) is 0 Å². The SMILES string of the molecule is Cc1cc2c(cc1-c1cccc(C3(c4ccccc4)c4ccccc4-c4cc(Cc5ccc(C6(c7ccccc7)c7ccccc7-c7c(C)cccc76)cc5)ccc43)c1)-c1ccccc1C2(c1ccccc1)c1ccccc1. The van der Waals surface area contributed by atoms with Gasteiger partial charge in [-0.1, -0.05) is 279 Å². The maximum atomic E-state index is 2.50. The summed E-state index contributed by atoms with van der Waals surface area (Å²) in [5.74, 6) is 0. The molecule has 0 fully saturated rings. The molecule has 12 aromatic carbocycles. The number of hydrogen-bond acceptors (Lipinski definition) is 0. The monoisotopic (exact) mass is 992 g/mol. The highest BCUT2D eigenvalue weighted by molar-refractivity contribution is 5.92. The maximum absolute atomic E-state index is 2.50. The summed E-state index contributed by atoms with van der Waals surface area (Å²) < 4.78 is 0. The average Bonchev–Trinajstić information content (AvgIpc) is 3.08. The standard InChI is InChI=1S/C78H56/c1-52-23-21-40-73-75(52)65-36-17-20-39-71(65)76(73,57-25-7-3-8-26-57)61-44-41-54(42-45-61)48-55-43-46-72-67(49-55)63-34-15-19-38-70(63)78(72,60-31-13-6-14-32-60)62-33-22-24-56(50-62)66-51-68-64-35-16-18-37-69(64)77(74(68)47-53(66)2,58-27-9-4-10-28-58)59-29-11-5-12-30-59/h3-47,49-51H,48H2,1-2H3. The van der Waals surface area contributed by atoms with Gasteiger partial charge in [0.05, 0.1) is 16.2 Å². The molecule has 3 aliphatic rings. The van der Waals surface area contributed by atoms with E-state index in [1.165, 1.54) is 134 Å². The van der Waals surface area contributed by atoms with Crippen LogP contribution in [0.1, 0.15) is 89.0 Å². The molecule has 2 unspecified atom stereocenters. The fourth-order valence-corrected chi connectivity index (χ4v) is 14.8. The Kier molecular flexibility index (Phi) is 10.5. The van der Waals surface area contributed by atoms with Gasteiger partial charge in [-0.3, -0.25) is 0 Å². The first-order valence-electron chi connectivity index (χ1n) is 27.6. The molecule has 12 aromatic rings. The Morgan fingerprint density at radius 1 is 0.231 bits per heavy atom. The van der Waals surface area contributed by atoms with Crippen LogP contribution in [0.4, 0.5) is 0 Å². The van der Waals surface area contributed by atoms with E-state index in [0.717, 1.165) is 6.42 Å². The van der Waals surface area contributed by atoms with Crippen molar-refractivity contribution in [1.29, 1.82) is 0 Å². The lowest BCUT2D eigenvalue weighted by Gasteiger charge is -2.34. The van der Waals surface area contributed by atoms with E-state index in [1.807, 2.05) is 0 Å². The second-order valence-electron chi connectivity index (χ2n) is 21.9. The summed E-state index contributed by atoms with van der Waals surface area (Å²) in [4.78, 5) is 0. The summed E-state index contributed by atoms with van der Waals surface area (Å²) in [6.45, 7) is 4.57. The van der Waals surface area contributed by atoms with Crippen molar-refractivity contribution >= 4 is 0 Å². The molecule has 0 radical (unpaired) electrons. The summed E-state index contributed by atoms with van der Waals surface area (Å²) in [5.41, 5.74) is 29.8. The smallest absolute Gasteiger partial charge is 0.0622 e. The van der Waals surface area contributed by atoms with Crippen LogP contribution in [-0.2, 0) is 22.7 Å². The Morgan fingerprint density at radius 3 is 1.22 bits per heavy atom. The number of benzene rings is 12. The first-order chi connectivity index (χ1) is 38.5. The van der Waals surface area contributed by atoms with Crippen molar-refractivity contribution in [2.24, 2.45) is 0 Å². The normalized spacial score (nSPS) is 16.8. The van der Waals surface area contributed by atoms with Gasteiger partial charge in [0.25, 0.3) is 0 Å². The highest BCUT2D eigenvalue weighted by atomic mass is 14.5. The molecule has 3 aliphatic carbocycles. The van der Waals surface area contributed by atoms with E-state index in [4.69, 9.17) is 0 Å². The average molecular weight is 993 g/mol. The van der Waals surface area contributed by atoms with Crippen molar-refractivity contribution in [2.45, 2.75) is 36.5 Å². The summed E-state index contributed by atoms with van der Waals surface area (Å²) in [6.07, 6.45) is 0.824. The zero-order valence-corrected chi connectivity index (χ0v) is 43.9. The Bertz CT molecular complexity index is 4240. The second-order valence-corrected chi connectivity index (χ2v) is 21.9. The van der Waals surface area contributed by atoms with Gasteiger partial charge in [-0.05, 0) is 166 Å². The van der Waals surface area contributed by atoms with E-state index in [1.54, 1.807) is 0 Å². The van der Waals surface area contributed by atoms with Gasteiger partial charge in [-0.2, -0.15) is 0 Å². The maximum Gasteiger partial charge on any atom is 0.0713 e. The van der Waals surface area contributed by atoms with E-state index in [-0.39, 0.29) is 0 Å². The number of hydrogen-bond donors (Lipinski definition) is 0. The molecule has 0 spiro atoms. The van der Waals surface area contributed by atoms with E-state index >= 15 is 0 Å². The van der Waals surface area contributed by atoms with E-state index in [9.17, 15) is 0 Å². The molecule has 0 nitrogen and oxygen atoms in total. The van der Waals surface area contributed by atoms with E-state index < -0.39 is 16.2 Å². The highest BCUT2D eigenvalue weighted by Gasteiger charge is 2.49. The zero-order valence-electron chi connectivity index (χ0n) is 43.9. The lowest BCUT2D eigenvalue weighted by atomic mass is 9.67. The molecule has 0 heteroatoms. The Hall–Kier alpha value is -9.36. The highest BCUT2D eigenvalue weighted by Crippen LogP contribution is 2.60. The van der Waals surface area contributed by atoms with Gasteiger partial charge in [0.1, 0.15) is 0 Å². The molecule has 0 aliphatic heterocycles. The van der Waals surface area contributed by atoms with Crippen molar-refractivity contribution < 1.29 is 0 Å². The Labute approximate surface area is 458 Å². The van der Waals surface area contributed by atoms with Crippen molar-refractivity contribution in [2.75, 3.05) is 0 Å². The third kappa shape index (κ3) is 6.47. The second kappa shape index (κ2) is 17.9. The Morgan fingerprint density at radius 2 is 0.641 bits per heavy atom. The number of rotatable bonds is 9. The molecule has 15 rings (SSSR count). The first kappa shape index (κ1) is 46.0. The summed E-state index contributed by atoms with van der Waals surface area (Å²) in [5, 5.41) is 0. The fourth-order valence-electron chi connectivity index (χ4n) is 14.8. The molecule has 0 saturated carbocycles. The number of fused-ring (bicyclic) bond motifs is 9. The molecule has 0 amide bonds. The van der Waals surface area contributed by atoms with Gasteiger partial charge in [0.2, 0.25) is 0 Å². The quantitative estimate of drug-likeness (QED) is 0.135. The van der Waals surface area contributed by atoms with Crippen LogP contribution in [-0.4, -0.2) is 0 Å². The third-order valence-electron chi connectivity index (χ3n) is 18.0. The number of aryl methyl sites for hydroxylation is 2. The predicted octanol–water partition coefficient (Wildman–Crippen LogP) is 18.7. The minimum Gasteiger partial charge on any atom is -0.0622 e. The summed E-state index contributed by atoms with van der Waals surface area (Å²) in [6, 6.07) is 110. The van der Waals surface area contributed by atoms with E-state index in [2.05, 4.69) is 305 Å². The van der Waals surface area contributed by atoms with Crippen LogP contribution in [0.3, 0.4) is 0 Å². The molecule has 0 aromatic heterocycles. The van der Waals surface area contributed by atoms with Crippen LogP contribution >= 0.6 is 0 Å². The molecule has 368 valence electrons. The van der Waals surface area contributed by atoms with Gasteiger partial charge in [-0.15, -0.1) is 0 Å². The molecule has 0 saturated heterocycles. The minimum absolute atomic E-state index is 0.422. The molecule has 0 bridgehead atoms. The molecule has 0 heterocycles. The first-order valence-corrected chi connectivity index (χ1v) is 27.6. The molecule has 2 atom stereocenters.